The number of nitrogens with zero attached hydrogens (tertiary/aromatic N) is 4. The lowest BCUT2D eigenvalue weighted by atomic mass is 10.1. The summed E-state index contributed by atoms with van der Waals surface area (Å²) < 4.78 is 37.2. The van der Waals surface area contributed by atoms with Crippen LogP contribution in [0.3, 0.4) is 0 Å². The molecule has 2 amide bonds. The van der Waals surface area contributed by atoms with Gasteiger partial charge in [0.15, 0.2) is 17.0 Å². The molecule has 1 aliphatic carbocycles. The fourth-order valence-corrected chi connectivity index (χ4v) is 5.45. The molecule has 3 aromatic carbocycles. The van der Waals surface area contributed by atoms with Gasteiger partial charge in [-0.25, -0.2) is 9.67 Å². The van der Waals surface area contributed by atoms with Crippen LogP contribution in [0.5, 0.6) is 11.5 Å². The summed E-state index contributed by atoms with van der Waals surface area (Å²) in [6, 6.07) is 18.1. The molecule has 7 rings (SSSR count). The Hall–Kier alpha value is -5.30. The van der Waals surface area contributed by atoms with Gasteiger partial charge in [0.25, 0.3) is 11.5 Å². The number of imidazole rings is 1. The summed E-state index contributed by atoms with van der Waals surface area (Å²) in [5.74, 6) is -1.18. The largest absolute Gasteiger partial charge is 0.586 e. The molecule has 5 aromatic rings. The van der Waals surface area contributed by atoms with Crippen molar-refractivity contribution in [2.45, 2.75) is 38.3 Å². The first-order chi connectivity index (χ1) is 21.7. The SMILES string of the molecule is O=C(NCc1ccccc1)c1ccc(-c2nn(CC(=O)N(c3ccc4c(c3)OC(F)(F)O4)C3CC3)c(=O)c3nc[nH]c23)cc1Cl. The van der Waals surface area contributed by atoms with E-state index in [2.05, 4.69) is 29.9 Å². The van der Waals surface area contributed by atoms with Crippen LogP contribution < -0.4 is 25.2 Å². The highest BCUT2D eigenvalue weighted by atomic mass is 35.5. The van der Waals surface area contributed by atoms with Crippen LogP contribution in [0.25, 0.3) is 22.3 Å². The average molecular weight is 633 g/mol. The number of nitrogens with one attached hydrogen (secondary N) is 2. The van der Waals surface area contributed by atoms with Crippen LogP contribution in [-0.4, -0.2) is 43.9 Å². The molecule has 1 fully saturated rings. The van der Waals surface area contributed by atoms with E-state index in [1.165, 1.54) is 29.4 Å². The summed E-state index contributed by atoms with van der Waals surface area (Å²) in [6.07, 6.45) is -1.05. The van der Waals surface area contributed by atoms with Gasteiger partial charge >= 0.3 is 6.29 Å². The van der Waals surface area contributed by atoms with Crippen molar-refractivity contribution in [1.82, 2.24) is 25.1 Å². The van der Waals surface area contributed by atoms with Gasteiger partial charge in [0.2, 0.25) is 5.91 Å². The number of anilines is 1. The number of hydrogen-bond acceptors (Lipinski definition) is 7. The summed E-state index contributed by atoms with van der Waals surface area (Å²) in [7, 11) is 0. The Kier molecular flexibility index (Phi) is 6.96. The van der Waals surface area contributed by atoms with Gasteiger partial charge in [-0.05, 0) is 42.7 Å². The Balaban J connectivity index is 1.17. The van der Waals surface area contributed by atoms with Gasteiger partial charge in [0.05, 0.1) is 22.4 Å². The molecule has 2 aromatic heterocycles. The molecule has 0 saturated heterocycles. The highest BCUT2D eigenvalue weighted by molar-refractivity contribution is 6.34. The third kappa shape index (κ3) is 5.57. The Labute approximate surface area is 258 Å². The van der Waals surface area contributed by atoms with Gasteiger partial charge < -0.3 is 24.7 Å². The third-order valence-electron chi connectivity index (χ3n) is 7.45. The number of hydrogen-bond donors (Lipinski definition) is 2. The summed E-state index contributed by atoms with van der Waals surface area (Å²) in [5, 5.41) is 7.49. The molecule has 45 heavy (non-hydrogen) atoms. The van der Waals surface area contributed by atoms with Crippen LogP contribution in [0.1, 0.15) is 28.8 Å². The summed E-state index contributed by atoms with van der Waals surface area (Å²) in [5.41, 5.74) is 2.05. The van der Waals surface area contributed by atoms with Gasteiger partial charge in [-0.15, -0.1) is 8.78 Å². The van der Waals surface area contributed by atoms with Crippen molar-refractivity contribution in [1.29, 1.82) is 0 Å². The number of fused-ring (bicyclic) bond motifs is 2. The zero-order valence-electron chi connectivity index (χ0n) is 23.3. The number of carbonyl (C=O) groups is 2. The number of aromatic nitrogens is 4. The molecule has 0 unspecified atom stereocenters. The number of halogens is 3. The second-order valence-electron chi connectivity index (χ2n) is 10.6. The molecule has 0 spiro atoms. The molecule has 0 atom stereocenters. The Bertz CT molecular complexity index is 2030. The van der Waals surface area contributed by atoms with E-state index in [9.17, 15) is 23.2 Å². The number of rotatable bonds is 8. The van der Waals surface area contributed by atoms with Gasteiger partial charge in [-0.1, -0.05) is 48.0 Å². The lowest BCUT2D eigenvalue weighted by Gasteiger charge is -2.23. The molecule has 14 heteroatoms. The number of H-pyrrole nitrogens is 1. The van der Waals surface area contributed by atoms with Crippen molar-refractivity contribution in [3.05, 3.63) is 99.6 Å². The molecule has 1 saturated carbocycles. The van der Waals surface area contributed by atoms with Crippen molar-refractivity contribution < 1.29 is 27.8 Å². The molecular formula is C31H23ClF2N6O5. The maximum Gasteiger partial charge on any atom is 0.586 e. The highest BCUT2D eigenvalue weighted by Crippen LogP contribution is 2.44. The van der Waals surface area contributed by atoms with E-state index in [1.54, 1.807) is 18.2 Å². The first-order valence-electron chi connectivity index (χ1n) is 13.9. The van der Waals surface area contributed by atoms with E-state index in [-0.39, 0.29) is 45.2 Å². The first-order valence-corrected chi connectivity index (χ1v) is 14.3. The first kappa shape index (κ1) is 28.5. The lowest BCUT2D eigenvalue weighted by Crippen LogP contribution is -2.39. The summed E-state index contributed by atoms with van der Waals surface area (Å²) in [6.45, 7) is -0.132. The quantitative estimate of drug-likeness (QED) is 0.249. The van der Waals surface area contributed by atoms with E-state index < -0.39 is 24.3 Å². The molecule has 11 nitrogen and oxygen atoms in total. The normalized spacial score (nSPS) is 14.8. The van der Waals surface area contributed by atoms with E-state index >= 15 is 0 Å². The number of ether oxygens (including phenoxy) is 2. The predicted octanol–water partition coefficient (Wildman–Crippen LogP) is 4.89. The maximum absolute atomic E-state index is 13.6. The standard InChI is InChI=1S/C31H23ClF2N6O5/c32-22-12-18(6-10-21(22)29(42)35-14-17-4-2-1-3-5-17)26-27-28(37-16-36-27)30(43)39(38-26)15-25(41)40(19-7-8-19)20-9-11-23-24(13-20)45-31(33,34)44-23/h1-6,9-13,16,19H,7-8,14-15H2,(H,35,42)(H,36,37). The number of aromatic amines is 1. The molecule has 2 N–H and O–H groups in total. The van der Waals surface area contributed by atoms with Crippen LogP contribution in [0, 0.1) is 0 Å². The van der Waals surface area contributed by atoms with Crippen LogP contribution in [0.15, 0.2) is 77.9 Å². The summed E-state index contributed by atoms with van der Waals surface area (Å²) in [4.78, 5) is 48.3. The smallest absolute Gasteiger partial charge is 0.395 e. The average Bonchev–Trinajstić information content (AvgIpc) is 3.61. The Morgan fingerprint density at radius 3 is 2.60 bits per heavy atom. The number of alkyl halides is 2. The molecule has 1 aliphatic heterocycles. The van der Waals surface area contributed by atoms with E-state index in [4.69, 9.17) is 11.6 Å². The van der Waals surface area contributed by atoms with Crippen molar-refractivity contribution in [2.24, 2.45) is 0 Å². The minimum Gasteiger partial charge on any atom is -0.395 e. The van der Waals surface area contributed by atoms with E-state index in [0.29, 0.717) is 36.2 Å². The van der Waals surface area contributed by atoms with E-state index in [1.807, 2.05) is 30.3 Å². The number of benzene rings is 3. The fraction of sp³-hybridized carbons (Fsp3) is 0.194. The second kappa shape index (κ2) is 11.0. The Morgan fingerprint density at radius 2 is 1.84 bits per heavy atom. The van der Waals surface area contributed by atoms with E-state index in [0.717, 1.165) is 10.2 Å². The van der Waals surface area contributed by atoms with Crippen LogP contribution in [-0.2, 0) is 17.9 Å². The van der Waals surface area contributed by atoms with Gasteiger partial charge in [-0.2, -0.15) is 5.10 Å². The second-order valence-corrected chi connectivity index (χ2v) is 11.0. The Morgan fingerprint density at radius 1 is 1.07 bits per heavy atom. The van der Waals surface area contributed by atoms with Crippen molar-refractivity contribution in [3.8, 4) is 22.8 Å². The minimum atomic E-state index is -3.80. The third-order valence-corrected chi connectivity index (χ3v) is 7.76. The highest BCUT2D eigenvalue weighted by Gasteiger charge is 2.44. The molecule has 3 heterocycles. The minimum absolute atomic E-state index is 0.0527. The topological polar surface area (TPSA) is 131 Å². The van der Waals surface area contributed by atoms with Gasteiger partial charge in [-0.3, -0.25) is 14.4 Å². The molecule has 228 valence electrons. The van der Waals surface area contributed by atoms with Gasteiger partial charge in [0.1, 0.15) is 12.2 Å². The van der Waals surface area contributed by atoms with Crippen molar-refractivity contribution in [3.63, 3.8) is 0 Å². The fourth-order valence-electron chi connectivity index (χ4n) is 5.19. The van der Waals surface area contributed by atoms with Crippen LogP contribution in [0.2, 0.25) is 5.02 Å². The monoisotopic (exact) mass is 632 g/mol. The number of amides is 2. The van der Waals surface area contributed by atoms with Crippen molar-refractivity contribution >= 4 is 40.1 Å². The maximum atomic E-state index is 13.6. The molecule has 0 bridgehead atoms. The van der Waals surface area contributed by atoms with Crippen LogP contribution in [0.4, 0.5) is 14.5 Å². The lowest BCUT2D eigenvalue weighted by molar-refractivity contribution is -0.286. The molecule has 0 radical (unpaired) electrons. The zero-order chi connectivity index (χ0) is 31.3. The van der Waals surface area contributed by atoms with Crippen LogP contribution >= 0.6 is 11.6 Å². The zero-order valence-corrected chi connectivity index (χ0v) is 24.1. The molecule has 2 aliphatic rings. The molecular weight excluding hydrogens is 610 g/mol. The summed E-state index contributed by atoms with van der Waals surface area (Å²) >= 11 is 6.54. The van der Waals surface area contributed by atoms with Crippen molar-refractivity contribution in [2.75, 3.05) is 4.90 Å². The predicted molar refractivity (Wildman–Crippen MR) is 159 cm³/mol. The number of carbonyl (C=O) groups excluding carboxylic acids is 2. The van der Waals surface area contributed by atoms with Gasteiger partial charge in [0, 0.05) is 29.9 Å².